The number of phenolic OH excluding ortho intramolecular Hbond substituents is 1. The Balaban J connectivity index is 2.21. The third kappa shape index (κ3) is 8.44. The van der Waals surface area contributed by atoms with Crippen LogP contribution in [0.2, 0.25) is 0 Å². The highest BCUT2D eigenvalue weighted by atomic mass is 16.3. The van der Waals surface area contributed by atoms with Gasteiger partial charge >= 0.3 is 0 Å². The first-order chi connectivity index (χ1) is 10.8. The lowest BCUT2D eigenvalue weighted by Crippen LogP contribution is -2.11. The fraction of sp³-hybridized carbons (Fsp3) is 0.727. The molecule has 0 saturated carbocycles. The number of hydrogen-bond donors (Lipinski definition) is 1. The summed E-state index contributed by atoms with van der Waals surface area (Å²) in [5.41, 5.74) is 2.59. The molecule has 1 rings (SSSR count). The van der Waals surface area contributed by atoms with Gasteiger partial charge in [0, 0.05) is 0 Å². The Kier molecular flexibility index (Phi) is 8.73. The van der Waals surface area contributed by atoms with Gasteiger partial charge in [-0.2, -0.15) is 0 Å². The van der Waals surface area contributed by atoms with Crippen molar-refractivity contribution in [3.8, 4) is 5.75 Å². The van der Waals surface area contributed by atoms with Crippen LogP contribution in [-0.2, 0) is 11.8 Å². The van der Waals surface area contributed by atoms with Gasteiger partial charge in [-0.15, -0.1) is 0 Å². The molecular weight excluding hydrogens is 280 g/mol. The number of phenols is 1. The highest BCUT2D eigenvalue weighted by molar-refractivity contribution is 5.38. The lowest BCUT2D eigenvalue weighted by molar-refractivity contribution is 0.464. The van der Waals surface area contributed by atoms with Gasteiger partial charge < -0.3 is 5.11 Å². The summed E-state index contributed by atoms with van der Waals surface area (Å²) in [6.07, 6.45) is 11.7. The second-order valence-electron chi connectivity index (χ2n) is 8.50. The van der Waals surface area contributed by atoms with Crippen LogP contribution in [0.25, 0.3) is 0 Å². The van der Waals surface area contributed by atoms with E-state index in [9.17, 15) is 5.11 Å². The Hall–Kier alpha value is -0.980. The second-order valence-corrected chi connectivity index (χ2v) is 8.50. The molecule has 0 aliphatic carbocycles. The minimum atomic E-state index is 0.151. The van der Waals surface area contributed by atoms with Gasteiger partial charge in [0.1, 0.15) is 5.75 Å². The molecule has 0 unspecified atom stereocenters. The predicted molar refractivity (Wildman–Crippen MR) is 102 cm³/mol. The van der Waals surface area contributed by atoms with Crippen molar-refractivity contribution in [2.24, 2.45) is 5.92 Å². The van der Waals surface area contributed by atoms with Gasteiger partial charge in [-0.05, 0) is 41.4 Å². The van der Waals surface area contributed by atoms with Crippen molar-refractivity contribution < 1.29 is 5.11 Å². The molecule has 1 aromatic rings. The van der Waals surface area contributed by atoms with E-state index in [2.05, 4.69) is 46.8 Å². The first-order valence-electron chi connectivity index (χ1n) is 9.63. The van der Waals surface area contributed by atoms with E-state index in [1.165, 1.54) is 56.9 Å². The standard InChI is InChI=1S/C22H38O/c1-18(2)13-11-9-7-6-8-10-12-14-19-17-20(22(3,4)5)15-16-21(19)23/h15-18,23H,6-14H2,1-5H3. The summed E-state index contributed by atoms with van der Waals surface area (Å²) in [6, 6.07) is 6.11. The molecule has 0 bridgehead atoms. The van der Waals surface area contributed by atoms with Crippen molar-refractivity contribution in [1.29, 1.82) is 0 Å². The number of aromatic hydroxyl groups is 1. The topological polar surface area (TPSA) is 20.2 Å². The van der Waals surface area contributed by atoms with Crippen LogP contribution < -0.4 is 0 Å². The van der Waals surface area contributed by atoms with E-state index in [4.69, 9.17) is 0 Å². The number of unbranched alkanes of at least 4 members (excludes halogenated alkanes) is 6. The monoisotopic (exact) mass is 318 g/mol. The van der Waals surface area contributed by atoms with E-state index in [0.717, 1.165) is 17.9 Å². The van der Waals surface area contributed by atoms with E-state index in [-0.39, 0.29) is 5.41 Å². The summed E-state index contributed by atoms with van der Waals surface area (Å²) in [7, 11) is 0. The Bertz CT molecular complexity index is 440. The SMILES string of the molecule is CC(C)CCCCCCCCCc1cc(C(C)(C)C)ccc1O. The molecule has 1 heteroatoms. The molecule has 1 aromatic carbocycles. The summed E-state index contributed by atoms with van der Waals surface area (Å²) in [5, 5.41) is 10.0. The lowest BCUT2D eigenvalue weighted by Gasteiger charge is -2.20. The summed E-state index contributed by atoms with van der Waals surface area (Å²) >= 11 is 0. The fourth-order valence-electron chi connectivity index (χ4n) is 3.00. The molecule has 0 amide bonds. The van der Waals surface area contributed by atoms with Crippen LogP contribution in [0.15, 0.2) is 18.2 Å². The van der Waals surface area contributed by atoms with Crippen LogP contribution in [0.1, 0.15) is 97.1 Å². The predicted octanol–water partition coefficient (Wildman–Crippen LogP) is 7.01. The van der Waals surface area contributed by atoms with E-state index in [1.807, 2.05) is 6.07 Å². The smallest absolute Gasteiger partial charge is 0.118 e. The van der Waals surface area contributed by atoms with Crippen LogP contribution in [0, 0.1) is 5.92 Å². The van der Waals surface area contributed by atoms with Crippen LogP contribution in [0.4, 0.5) is 0 Å². The molecule has 23 heavy (non-hydrogen) atoms. The van der Waals surface area contributed by atoms with Crippen molar-refractivity contribution in [3.63, 3.8) is 0 Å². The maximum absolute atomic E-state index is 10.0. The Morgan fingerprint density at radius 2 is 1.43 bits per heavy atom. The van der Waals surface area contributed by atoms with Crippen molar-refractivity contribution in [1.82, 2.24) is 0 Å². The molecule has 0 aromatic heterocycles. The highest BCUT2D eigenvalue weighted by Gasteiger charge is 2.15. The first kappa shape index (κ1) is 20.1. The zero-order valence-corrected chi connectivity index (χ0v) is 16.1. The molecule has 132 valence electrons. The van der Waals surface area contributed by atoms with Crippen molar-refractivity contribution in [2.45, 2.75) is 97.8 Å². The number of aryl methyl sites for hydroxylation is 1. The van der Waals surface area contributed by atoms with Gasteiger partial charge in [-0.3, -0.25) is 0 Å². The molecule has 0 heterocycles. The van der Waals surface area contributed by atoms with Crippen molar-refractivity contribution in [3.05, 3.63) is 29.3 Å². The number of rotatable bonds is 10. The average molecular weight is 319 g/mol. The summed E-state index contributed by atoms with van der Waals surface area (Å²) in [6.45, 7) is 11.3. The molecule has 0 atom stereocenters. The highest BCUT2D eigenvalue weighted by Crippen LogP contribution is 2.28. The van der Waals surface area contributed by atoms with Crippen molar-refractivity contribution in [2.75, 3.05) is 0 Å². The van der Waals surface area contributed by atoms with E-state index in [0.29, 0.717) is 5.75 Å². The fourth-order valence-corrected chi connectivity index (χ4v) is 3.00. The molecular formula is C22H38O. The normalized spacial score (nSPS) is 12.1. The largest absolute Gasteiger partial charge is 0.508 e. The summed E-state index contributed by atoms with van der Waals surface area (Å²) in [5.74, 6) is 1.32. The zero-order valence-electron chi connectivity index (χ0n) is 16.1. The molecule has 0 aliphatic rings. The van der Waals surface area contributed by atoms with Gasteiger partial charge in [-0.1, -0.05) is 91.7 Å². The van der Waals surface area contributed by atoms with Gasteiger partial charge in [0.25, 0.3) is 0 Å². The van der Waals surface area contributed by atoms with Crippen LogP contribution >= 0.6 is 0 Å². The molecule has 0 spiro atoms. The minimum Gasteiger partial charge on any atom is -0.508 e. The number of hydrogen-bond acceptors (Lipinski definition) is 1. The van der Waals surface area contributed by atoms with Gasteiger partial charge in [0.15, 0.2) is 0 Å². The van der Waals surface area contributed by atoms with Gasteiger partial charge in [0.2, 0.25) is 0 Å². The third-order valence-electron chi connectivity index (χ3n) is 4.67. The van der Waals surface area contributed by atoms with E-state index >= 15 is 0 Å². The van der Waals surface area contributed by atoms with Gasteiger partial charge in [-0.25, -0.2) is 0 Å². The van der Waals surface area contributed by atoms with Crippen LogP contribution in [0.5, 0.6) is 5.75 Å². The maximum atomic E-state index is 10.0. The van der Waals surface area contributed by atoms with Crippen LogP contribution in [-0.4, -0.2) is 5.11 Å². The molecule has 0 fully saturated rings. The Morgan fingerprint density at radius 1 is 0.870 bits per heavy atom. The van der Waals surface area contributed by atoms with Crippen LogP contribution in [0.3, 0.4) is 0 Å². The molecule has 0 aliphatic heterocycles. The summed E-state index contributed by atoms with van der Waals surface area (Å²) in [4.78, 5) is 0. The average Bonchev–Trinajstić information content (AvgIpc) is 2.45. The van der Waals surface area contributed by atoms with E-state index in [1.54, 1.807) is 0 Å². The molecule has 0 radical (unpaired) electrons. The zero-order chi connectivity index (χ0) is 17.3. The van der Waals surface area contributed by atoms with Crippen molar-refractivity contribution >= 4 is 0 Å². The maximum Gasteiger partial charge on any atom is 0.118 e. The third-order valence-corrected chi connectivity index (χ3v) is 4.67. The first-order valence-corrected chi connectivity index (χ1v) is 9.63. The minimum absolute atomic E-state index is 0.151. The molecule has 1 N–H and O–H groups in total. The number of benzene rings is 1. The quantitative estimate of drug-likeness (QED) is 0.460. The molecule has 1 nitrogen and oxygen atoms in total. The Morgan fingerprint density at radius 3 is 2.00 bits per heavy atom. The summed E-state index contributed by atoms with van der Waals surface area (Å²) < 4.78 is 0. The second kappa shape index (κ2) is 10.0. The molecule has 0 saturated heterocycles. The van der Waals surface area contributed by atoms with E-state index < -0.39 is 0 Å². The van der Waals surface area contributed by atoms with Gasteiger partial charge in [0.05, 0.1) is 0 Å². The lowest BCUT2D eigenvalue weighted by atomic mass is 9.85. The Labute approximate surface area is 144 Å².